The Hall–Kier alpha value is -1.39. The first kappa shape index (κ1) is 19.7. The minimum absolute atomic E-state index is 0.0742. The van der Waals surface area contributed by atoms with Crippen LogP contribution >= 0.6 is 0 Å². The van der Waals surface area contributed by atoms with Crippen molar-refractivity contribution in [1.82, 2.24) is 10.6 Å². The van der Waals surface area contributed by atoms with Crippen molar-refractivity contribution in [1.29, 1.82) is 0 Å². The van der Waals surface area contributed by atoms with Crippen LogP contribution in [-0.2, 0) is 11.2 Å². The third-order valence-electron chi connectivity index (χ3n) is 4.03. The van der Waals surface area contributed by atoms with E-state index in [4.69, 9.17) is 5.73 Å². The molecule has 4 nitrogen and oxygen atoms in total. The lowest BCUT2D eigenvalue weighted by atomic mass is 9.97. The van der Waals surface area contributed by atoms with Crippen molar-refractivity contribution in [2.45, 2.75) is 53.2 Å². The van der Waals surface area contributed by atoms with Crippen LogP contribution in [0.5, 0.6) is 0 Å². The van der Waals surface area contributed by atoms with Crippen LogP contribution in [0, 0.1) is 17.8 Å². The normalized spacial score (nSPS) is 15.5. The van der Waals surface area contributed by atoms with E-state index in [-0.39, 0.29) is 23.9 Å². The van der Waals surface area contributed by atoms with Gasteiger partial charge in [-0.25, -0.2) is 0 Å². The third-order valence-corrected chi connectivity index (χ3v) is 4.03. The van der Waals surface area contributed by atoms with Crippen molar-refractivity contribution < 1.29 is 4.79 Å². The Kier molecular flexibility index (Phi) is 8.28. The van der Waals surface area contributed by atoms with Crippen LogP contribution in [0.1, 0.15) is 40.2 Å². The van der Waals surface area contributed by atoms with E-state index in [2.05, 4.69) is 43.5 Å². The van der Waals surface area contributed by atoms with Crippen molar-refractivity contribution in [3.05, 3.63) is 35.9 Å². The van der Waals surface area contributed by atoms with Crippen LogP contribution in [0.15, 0.2) is 30.3 Å². The summed E-state index contributed by atoms with van der Waals surface area (Å²) in [5, 5.41) is 6.57. The lowest BCUT2D eigenvalue weighted by Crippen LogP contribution is -2.55. The summed E-state index contributed by atoms with van der Waals surface area (Å²) in [6.45, 7) is 11.3. The highest BCUT2D eigenvalue weighted by Crippen LogP contribution is 2.12. The summed E-state index contributed by atoms with van der Waals surface area (Å²) in [6.07, 6.45) is 0.836. The van der Waals surface area contributed by atoms with Gasteiger partial charge in [0.15, 0.2) is 0 Å². The van der Waals surface area contributed by atoms with Gasteiger partial charge in [0.1, 0.15) is 0 Å². The molecule has 0 saturated carbocycles. The molecule has 1 aromatic rings. The molecule has 4 heteroatoms. The molecule has 1 aromatic carbocycles. The Labute approximate surface area is 141 Å². The van der Waals surface area contributed by atoms with Crippen LogP contribution < -0.4 is 16.4 Å². The van der Waals surface area contributed by atoms with Crippen molar-refractivity contribution >= 4 is 5.91 Å². The van der Waals surface area contributed by atoms with Crippen molar-refractivity contribution in [2.24, 2.45) is 23.5 Å². The van der Waals surface area contributed by atoms with E-state index in [1.165, 1.54) is 5.56 Å². The molecule has 0 bridgehead atoms. The molecule has 130 valence electrons. The predicted octanol–water partition coefficient (Wildman–Crippen LogP) is 2.54. The topological polar surface area (TPSA) is 67.1 Å². The monoisotopic (exact) mass is 319 g/mol. The fraction of sp³-hybridized carbons (Fsp3) is 0.632. The van der Waals surface area contributed by atoms with Crippen LogP contribution in [0.4, 0.5) is 0 Å². The molecule has 23 heavy (non-hydrogen) atoms. The number of nitrogens with one attached hydrogen (secondary N) is 2. The van der Waals surface area contributed by atoms with E-state index in [1.54, 1.807) is 0 Å². The van der Waals surface area contributed by atoms with Gasteiger partial charge in [0.25, 0.3) is 0 Å². The summed E-state index contributed by atoms with van der Waals surface area (Å²) < 4.78 is 0. The van der Waals surface area contributed by atoms with Gasteiger partial charge in [-0.1, -0.05) is 65.0 Å². The average molecular weight is 319 g/mol. The number of hydrogen-bond donors (Lipinski definition) is 3. The van der Waals surface area contributed by atoms with Crippen LogP contribution in [0.2, 0.25) is 0 Å². The Balaban J connectivity index is 2.72. The van der Waals surface area contributed by atoms with E-state index < -0.39 is 6.04 Å². The molecule has 0 aliphatic rings. The fourth-order valence-electron chi connectivity index (χ4n) is 2.41. The van der Waals surface area contributed by atoms with Gasteiger partial charge in [0, 0.05) is 0 Å². The summed E-state index contributed by atoms with van der Waals surface area (Å²) >= 11 is 0. The lowest BCUT2D eigenvalue weighted by molar-refractivity contribution is -0.124. The quantitative estimate of drug-likeness (QED) is 0.613. The second-order valence-electron chi connectivity index (χ2n) is 7.23. The van der Waals surface area contributed by atoms with Gasteiger partial charge in [-0.3, -0.25) is 10.1 Å². The minimum atomic E-state index is -0.470. The molecule has 0 radical (unpaired) electrons. The third kappa shape index (κ3) is 7.14. The first-order chi connectivity index (χ1) is 10.8. The van der Waals surface area contributed by atoms with Crippen LogP contribution in [0.3, 0.4) is 0 Å². The SMILES string of the molecule is CC(C)CN[C@@H](NC(=O)C(N)C(C)C)[C@@H](C)Cc1ccccc1. The predicted molar refractivity (Wildman–Crippen MR) is 96.9 cm³/mol. The van der Waals surface area contributed by atoms with Gasteiger partial charge in [0.2, 0.25) is 5.91 Å². The highest BCUT2D eigenvalue weighted by atomic mass is 16.2. The summed E-state index contributed by atoms with van der Waals surface area (Å²) in [5.41, 5.74) is 7.25. The molecular weight excluding hydrogens is 286 g/mol. The Bertz CT molecular complexity index is 459. The number of carbonyl (C=O) groups is 1. The number of hydrogen-bond acceptors (Lipinski definition) is 3. The molecule has 1 unspecified atom stereocenters. The number of rotatable bonds is 9. The maximum Gasteiger partial charge on any atom is 0.238 e. The molecule has 0 spiro atoms. The number of amides is 1. The number of benzene rings is 1. The molecule has 1 rings (SSSR count). The average Bonchev–Trinajstić information content (AvgIpc) is 2.50. The maximum atomic E-state index is 12.3. The Morgan fingerprint density at radius 1 is 1.09 bits per heavy atom. The minimum Gasteiger partial charge on any atom is -0.339 e. The molecule has 3 atom stereocenters. The number of nitrogens with two attached hydrogens (primary N) is 1. The van der Waals surface area contributed by atoms with Gasteiger partial charge < -0.3 is 11.1 Å². The van der Waals surface area contributed by atoms with E-state index in [0.29, 0.717) is 5.92 Å². The van der Waals surface area contributed by atoms with Crippen LogP contribution in [0.25, 0.3) is 0 Å². The fourth-order valence-corrected chi connectivity index (χ4v) is 2.41. The zero-order valence-corrected chi connectivity index (χ0v) is 15.2. The van der Waals surface area contributed by atoms with E-state index in [1.807, 2.05) is 32.0 Å². The number of carbonyl (C=O) groups excluding carboxylic acids is 1. The van der Waals surface area contributed by atoms with Crippen LogP contribution in [-0.4, -0.2) is 24.7 Å². The zero-order chi connectivity index (χ0) is 17.4. The van der Waals surface area contributed by atoms with Gasteiger partial charge in [-0.2, -0.15) is 0 Å². The Morgan fingerprint density at radius 3 is 2.22 bits per heavy atom. The van der Waals surface area contributed by atoms with Crippen molar-refractivity contribution in [3.63, 3.8) is 0 Å². The van der Waals surface area contributed by atoms with Gasteiger partial charge in [-0.15, -0.1) is 0 Å². The summed E-state index contributed by atoms with van der Waals surface area (Å²) in [7, 11) is 0. The molecule has 4 N–H and O–H groups in total. The molecule has 0 fully saturated rings. The molecule has 0 heterocycles. The molecule has 1 amide bonds. The second-order valence-corrected chi connectivity index (χ2v) is 7.23. The van der Waals surface area contributed by atoms with Gasteiger partial charge in [0.05, 0.1) is 12.2 Å². The molecule has 0 aliphatic heterocycles. The van der Waals surface area contributed by atoms with E-state index >= 15 is 0 Å². The zero-order valence-electron chi connectivity index (χ0n) is 15.2. The van der Waals surface area contributed by atoms with Gasteiger partial charge >= 0.3 is 0 Å². The molecule has 0 aromatic heterocycles. The van der Waals surface area contributed by atoms with Crippen molar-refractivity contribution in [2.75, 3.05) is 6.54 Å². The smallest absolute Gasteiger partial charge is 0.238 e. The van der Waals surface area contributed by atoms with Crippen molar-refractivity contribution in [3.8, 4) is 0 Å². The highest BCUT2D eigenvalue weighted by Gasteiger charge is 2.24. The summed E-state index contributed by atoms with van der Waals surface area (Å²) in [6, 6.07) is 9.89. The molecule has 0 saturated heterocycles. The first-order valence-electron chi connectivity index (χ1n) is 8.64. The molecule has 0 aliphatic carbocycles. The maximum absolute atomic E-state index is 12.3. The molecular formula is C19H33N3O. The Morgan fingerprint density at radius 2 is 1.70 bits per heavy atom. The first-order valence-corrected chi connectivity index (χ1v) is 8.64. The van der Waals surface area contributed by atoms with E-state index in [9.17, 15) is 4.79 Å². The highest BCUT2D eigenvalue weighted by molar-refractivity contribution is 5.82. The summed E-state index contributed by atoms with van der Waals surface area (Å²) in [5.74, 6) is 0.850. The van der Waals surface area contributed by atoms with Gasteiger partial charge in [-0.05, 0) is 36.3 Å². The van der Waals surface area contributed by atoms with E-state index in [0.717, 1.165) is 13.0 Å². The standard InChI is InChI=1S/C19H33N3O/c1-13(2)12-21-18(22-19(23)17(20)14(3)4)15(5)11-16-9-7-6-8-10-16/h6-10,13-15,17-18,21H,11-12,20H2,1-5H3,(H,22,23)/t15-,17?,18-/m0/s1. The summed E-state index contributed by atoms with van der Waals surface area (Å²) in [4.78, 5) is 12.3. The largest absolute Gasteiger partial charge is 0.339 e. The lowest BCUT2D eigenvalue weighted by Gasteiger charge is -2.29. The second kappa shape index (κ2) is 9.68.